The Morgan fingerprint density at radius 3 is 2.09 bits per heavy atom. The smallest absolute Gasteiger partial charge is 0.228 e. The van der Waals surface area contributed by atoms with Crippen molar-refractivity contribution < 1.29 is 4.92 Å². The lowest BCUT2D eigenvalue weighted by Gasteiger charge is -2.13. The van der Waals surface area contributed by atoms with E-state index >= 15 is 0 Å². The number of nitro groups is 1. The van der Waals surface area contributed by atoms with Gasteiger partial charge in [-0.05, 0) is 79.4 Å². The van der Waals surface area contributed by atoms with Crippen molar-refractivity contribution in [2.75, 3.05) is 0 Å². The molecule has 2 aromatic rings. The molecule has 0 saturated heterocycles. The molecule has 0 bridgehead atoms. The molecule has 2 aromatic carbocycles. The second kappa shape index (κ2) is 7.72. The Morgan fingerprint density at radius 1 is 1.04 bits per heavy atom. The Morgan fingerprint density at radius 2 is 1.61 bits per heavy atom. The van der Waals surface area contributed by atoms with Crippen molar-refractivity contribution in [1.29, 1.82) is 10.5 Å². The highest BCUT2D eigenvalue weighted by atomic mass is 127. The Kier molecular flexibility index (Phi) is 6.16. The van der Waals surface area contributed by atoms with Crippen LogP contribution in [0.4, 0.5) is 0 Å². The van der Waals surface area contributed by atoms with Crippen LogP contribution < -0.4 is 0 Å². The standard InChI is InChI=1S/C15H6I3N3O2/c16-13-10(5-19)14(17)12(15(18)11(13)6-20)9-3-1-2-8(4-9)7-21(22)23/h1-4H,7H2. The monoisotopic (exact) mass is 641 g/mol. The molecule has 2 rings (SSSR count). The number of nitrogens with zero attached hydrogens (tertiary/aromatic N) is 3. The summed E-state index contributed by atoms with van der Waals surface area (Å²) in [5.74, 6) is 0. The molecule has 5 nitrogen and oxygen atoms in total. The van der Waals surface area contributed by atoms with Crippen LogP contribution >= 0.6 is 67.8 Å². The minimum atomic E-state index is -0.385. The first-order chi connectivity index (χ1) is 10.9. The highest BCUT2D eigenvalue weighted by Crippen LogP contribution is 2.37. The van der Waals surface area contributed by atoms with Crippen LogP contribution in [0.3, 0.4) is 0 Å². The van der Waals surface area contributed by atoms with Crippen LogP contribution in [0.1, 0.15) is 16.7 Å². The molecule has 0 radical (unpaired) electrons. The molecule has 0 aliphatic rings. The van der Waals surface area contributed by atoms with Gasteiger partial charge < -0.3 is 0 Å². The molecular weight excluding hydrogens is 635 g/mol. The van der Waals surface area contributed by atoms with E-state index in [0.29, 0.717) is 20.3 Å². The third kappa shape index (κ3) is 3.75. The number of halogens is 3. The van der Waals surface area contributed by atoms with E-state index in [2.05, 4.69) is 57.3 Å². The molecular formula is C15H6I3N3O2. The SMILES string of the molecule is N#Cc1c(I)c(C#N)c(I)c(-c2cccc(C[N+](=O)[O-])c2)c1I. The lowest BCUT2D eigenvalue weighted by molar-refractivity contribution is -0.496. The maximum absolute atomic E-state index is 10.7. The summed E-state index contributed by atoms with van der Waals surface area (Å²) in [5.41, 5.74) is 3.03. The second-order valence-electron chi connectivity index (χ2n) is 4.48. The summed E-state index contributed by atoms with van der Waals surface area (Å²) in [5, 5.41) is 29.5. The largest absolute Gasteiger partial charge is 0.264 e. The zero-order chi connectivity index (χ0) is 17.1. The summed E-state index contributed by atoms with van der Waals surface area (Å²) in [7, 11) is 0. The Labute approximate surface area is 173 Å². The Balaban J connectivity index is 2.77. The van der Waals surface area contributed by atoms with Gasteiger partial charge in [-0.3, -0.25) is 10.1 Å². The van der Waals surface area contributed by atoms with Gasteiger partial charge in [0.25, 0.3) is 0 Å². The average molecular weight is 641 g/mol. The second-order valence-corrected chi connectivity index (χ2v) is 7.72. The van der Waals surface area contributed by atoms with Crippen LogP contribution in [-0.4, -0.2) is 4.92 Å². The van der Waals surface area contributed by atoms with Crippen LogP contribution in [0, 0.1) is 43.5 Å². The number of hydrogen-bond acceptors (Lipinski definition) is 4. The van der Waals surface area contributed by atoms with E-state index in [1.165, 1.54) is 0 Å². The van der Waals surface area contributed by atoms with Gasteiger partial charge >= 0.3 is 0 Å². The quantitative estimate of drug-likeness (QED) is 0.277. The third-order valence-corrected chi connectivity index (χ3v) is 6.30. The van der Waals surface area contributed by atoms with Crippen LogP contribution in [-0.2, 0) is 6.54 Å². The van der Waals surface area contributed by atoms with Crippen molar-refractivity contribution in [1.82, 2.24) is 0 Å². The van der Waals surface area contributed by atoms with E-state index in [9.17, 15) is 20.6 Å². The van der Waals surface area contributed by atoms with Gasteiger partial charge in [0.15, 0.2) is 0 Å². The lowest BCUT2D eigenvalue weighted by atomic mass is 9.99. The molecule has 0 heterocycles. The summed E-state index contributed by atoms with van der Waals surface area (Å²) in [4.78, 5) is 10.3. The summed E-state index contributed by atoms with van der Waals surface area (Å²) in [6.07, 6.45) is 0. The van der Waals surface area contributed by atoms with Crippen molar-refractivity contribution in [2.24, 2.45) is 0 Å². The van der Waals surface area contributed by atoms with Gasteiger partial charge in [0.2, 0.25) is 6.54 Å². The first-order valence-electron chi connectivity index (χ1n) is 6.12. The molecule has 0 aliphatic heterocycles. The van der Waals surface area contributed by atoms with Crippen molar-refractivity contribution in [3.05, 3.63) is 61.8 Å². The first-order valence-corrected chi connectivity index (χ1v) is 9.36. The summed E-state index contributed by atoms with van der Waals surface area (Å²) >= 11 is 6.19. The molecule has 8 heteroatoms. The molecule has 0 atom stereocenters. The van der Waals surface area contributed by atoms with E-state index in [1.807, 2.05) is 28.7 Å². The van der Waals surface area contributed by atoms with E-state index in [4.69, 9.17) is 0 Å². The fourth-order valence-electron chi connectivity index (χ4n) is 2.09. The van der Waals surface area contributed by atoms with Gasteiger partial charge in [0, 0.05) is 23.2 Å². The predicted octanol–water partition coefficient (Wildman–Crippen LogP) is 4.69. The van der Waals surface area contributed by atoms with Gasteiger partial charge in [-0.15, -0.1) is 0 Å². The van der Waals surface area contributed by atoms with Crippen LogP contribution in [0.15, 0.2) is 24.3 Å². The maximum atomic E-state index is 10.7. The van der Waals surface area contributed by atoms with Gasteiger partial charge in [-0.1, -0.05) is 18.2 Å². The first kappa shape index (κ1) is 18.4. The molecule has 0 fully saturated rings. The topological polar surface area (TPSA) is 90.7 Å². The predicted molar refractivity (Wildman–Crippen MR) is 110 cm³/mol. The molecule has 114 valence electrons. The highest BCUT2D eigenvalue weighted by molar-refractivity contribution is 14.1. The normalized spacial score (nSPS) is 9.96. The minimum Gasteiger partial charge on any atom is -0.264 e. The molecule has 0 saturated carbocycles. The van der Waals surface area contributed by atoms with Gasteiger partial charge in [-0.2, -0.15) is 10.5 Å². The molecule has 0 amide bonds. The Hall–Kier alpha value is -0.990. The van der Waals surface area contributed by atoms with E-state index < -0.39 is 0 Å². The number of rotatable bonds is 3. The maximum Gasteiger partial charge on any atom is 0.228 e. The van der Waals surface area contributed by atoms with E-state index in [0.717, 1.165) is 18.3 Å². The molecule has 0 N–H and O–H groups in total. The van der Waals surface area contributed by atoms with Crippen LogP contribution in [0.2, 0.25) is 0 Å². The number of nitriles is 2. The summed E-state index contributed by atoms with van der Waals surface area (Å²) in [6, 6.07) is 11.3. The van der Waals surface area contributed by atoms with Crippen LogP contribution in [0.25, 0.3) is 11.1 Å². The minimum absolute atomic E-state index is 0.262. The van der Waals surface area contributed by atoms with Crippen LogP contribution in [0.5, 0.6) is 0 Å². The average Bonchev–Trinajstić information content (AvgIpc) is 2.47. The van der Waals surface area contributed by atoms with Crippen molar-refractivity contribution in [3.8, 4) is 23.3 Å². The molecule has 0 spiro atoms. The fraction of sp³-hybridized carbons (Fsp3) is 0.0667. The molecule has 23 heavy (non-hydrogen) atoms. The fourth-order valence-corrected chi connectivity index (χ4v) is 6.36. The summed E-state index contributed by atoms with van der Waals surface area (Å²) in [6.45, 7) is -0.262. The molecule has 0 aromatic heterocycles. The molecule has 0 unspecified atom stereocenters. The van der Waals surface area contributed by atoms with Gasteiger partial charge in [-0.25, -0.2) is 0 Å². The Bertz CT molecular complexity index is 857. The number of hydrogen-bond donors (Lipinski definition) is 0. The van der Waals surface area contributed by atoms with Gasteiger partial charge in [0.05, 0.1) is 14.7 Å². The van der Waals surface area contributed by atoms with E-state index in [-0.39, 0.29) is 11.5 Å². The highest BCUT2D eigenvalue weighted by Gasteiger charge is 2.21. The molecule has 0 aliphatic carbocycles. The zero-order valence-corrected chi connectivity index (χ0v) is 17.8. The summed E-state index contributed by atoms with van der Waals surface area (Å²) < 4.78 is 2.12. The van der Waals surface area contributed by atoms with Crippen molar-refractivity contribution >= 4 is 67.8 Å². The van der Waals surface area contributed by atoms with E-state index in [1.54, 1.807) is 18.2 Å². The number of benzene rings is 2. The lowest BCUT2D eigenvalue weighted by Crippen LogP contribution is -2.02. The zero-order valence-electron chi connectivity index (χ0n) is 11.3. The van der Waals surface area contributed by atoms with Crippen molar-refractivity contribution in [3.63, 3.8) is 0 Å². The third-order valence-electron chi connectivity index (χ3n) is 3.07. The van der Waals surface area contributed by atoms with Crippen molar-refractivity contribution in [2.45, 2.75) is 6.54 Å². The van der Waals surface area contributed by atoms with Gasteiger partial charge in [0.1, 0.15) is 12.1 Å².